The molecule has 0 spiro atoms. The van der Waals surface area contributed by atoms with Crippen LogP contribution in [0.5, 0.6) is 0 Å². The van der Waals surface area contributed by atoms with E-state index in [1.54, 1.807) is 0 Å². The fourth-order valence-electron chi connectivity index (χ4n) is 2.59. The van der Waals surface area contributed by atoms with Gasteiger partial charge in [0.1, 0.15) is 0 Å². The maximum absolute atomic E-state index is 5.78. The average molecular weight is 305 g/mol. The molecule has 0 aliphatic rings. The SMILES string of the molecule is CC(C)OCC(C)(C)CCCCc1cccc(C(C)(C)C)c1. The van der Waals surface area contributed by atoms with Crippen LogP contribution in [0.2, 0.25) is 0 Å². The van der Waals surface area contributed by atoms with E-state index in [2.05, 4.69) is 72.7 Å². The Morgan fingerprint density at radius 1 is 1.00 bits per heavy atom. The summed E-state index contributed by atoms with van der Waals surface area (Å²) >= 11 is 0. The fraction of sp³-hybridized carbons (Fsp3) is 0.714. The van der Waals surface area contributed by atoms with Crippen molar-refractivity contribution in [1.29, 1.82) is 0 Å². The van der Waals surface area contributed by atoms with Gasteiger partial charge in [-0.3, -0.25) is 0 Å². The number of benzene rings is 1. The van der Waals surface area contributed by atoms with Gasteiger partial charge in [0.25, 0.3) is 0 Å². The van der Waals surface area contributed by atoms with Crippen molar-refractivity contribution in [2.45, 2.75) is 85.7 Å². The largest absolute Gasteiger partial charge is 0.378 e. The van der Waals surface area contributed by atoms with Crippen LogP contribution in [0.25, 0.3) is 0 Å². The maximum atomic E-state index is 5.78. The third-order valence-electron chi connectivity index (χ3n) is 4.17. The topological polar surface area (TPSA) is 9.23 Å². The molecule has 0 saturated heterocycles. The Bertz CT molecular complexity index is 437. The predicted octanol–water partition coefficient (Wildman–Crippen LogP) is 6.15. The highest BCUT2D eigenvalue weighted by Crippen LogP contribution is 2.26. The zero-order valence-corrected chi connectivity index (χ0v) is 15.8. The van der Waals surface area contributed by atoms with E-state index in [0.29, 0.717) is 6.10 Å². The van der Waals surface area contributed by atoms with E-state index >= 15 is 0 Å². The van der Waals surface area contributed by atoms with E-state index < -0.39 is 0 Å². The van der Waals surface area contributed by atoms with E-state index in [9.17, 15) is 0 Å². The van der Waals surface area contributed by atoms with Crippen LogP contribution in [-0.2, 0) is 16.6 Å². The minimum atomic E-state index is 0.242. The number of hydrogen-bond donors (Lipinski definition) is 0. The van der Waals surface area contributed by atoms with E-state index in [1.165, 1.54) is 36.8 Å². The molecule has 0 aliphatic carbocycles. The van der Waals surface area contributed by atoms with E-state index in [0.717, 1.165) is 6.61 Å². The van der Waals surface area contributed by atoms with Crippen LogP contribution in [0.15, 0.2) is 24.3 Å². The molecule has 126 valence electrons. The molecule has 0 N–H and O–H groups in total. The molecule has 0 atom stereocenters. The van der Waals surface area contributed by atoms with E-state index in [4.69, 9.17) is 4.74 Å². The summed E-state index contributed by atoms with van der Waals surface area (Å²) in [7, 11) is 0. The van der Waals surface area contributed by atoms with Gasteiger partial charge in [-0.25, -0.2) is 0 Å². The van der Waals surface area contributed by atoms with Gasteiger partial charge in [0.2, 0.25) is 0 Å². The zero-order valence-electron chi connectivity index (χ0n) is 15.8. The zero-order chi connectivity index (χ0) is 16.8. The van der Waals surface area contributed by atoms with Crippen molar-refractivity contribution in [3.8, 4) is 0 Å². The third-order valence-corrected chi connectivity index (χ3v) is 4.17. The van der Waals surface area contributed by atoms with Gasteiger partial charge in [0.05, 0.1) is 12.7 Å². The van der Waals surface area contributed by atoms with Crippen LogP contribution in [0.4, 0.5) is 0 Å². The van der Waals surface area contributed by atoms with Gasteiger partial charge in [-0.2, -0.15) is 0 Å². The van der Waals surface area contributed by atoms with Crippen molar-refractivity contribution < 1.29 is 4.74 Å². The third kappa shape index (κ3) is 7.45. The monoisotopic (exact) mass is 304 g/mol. The Labute approximate surface area is 138 Å². The van der Waals surface area contributed by atoms with Crippen LogP contribution < -0.4 is 0 Å². The summed E-state index contributed by atoms with van der Waals surface area (Å²) in [6.07, 6.45) is 5.29. The number of unbranched alkanes of at least 4 members (excludes halogenated alkanes) is 1. The molecule has 0 heterocycles. The molecule has 22 heavy (non-hydrogen) atoms. The normalized spacial score (nSPS) is 12.9. The van der Waals surface area contributed by atoms with Crippen molar-refractivity contribution >= 4 is 0 Å². The molecular weight excluding hydrogens is 268 g/mol. The molecule has 0 amide bonds. The predicted molar refractivity (Wildman–Crippen MR) is 97.6 cm³/mol. The number of hydrogen-bond acceptors (Lipinski definition) is 1. The Morgan fingerprint density at radius 2 is 1.68 bits per heavy atom. The lowest BCUT2D eigenvalue weighted by Crippen LogP contribution is -2.21. The van der Waals surface area contributed by atoms with Gasteiger partial charge < -0.3 is 4.74 Å². The van der Waals surface area contributed by atoms with Crippen LogP contribution in [-0.4, -0.2) is 12.7 Å². The molecule has 1 nitrogen and oxygen atoms in total. The molecule has 0 aromatic heterocycles. The number of rotatable bonds is 8. The second-order valence-electron chi connectivity index (χ2n) is 8.68. The van der Waals surface area contributed by atoms with Crippen molar-refractivity contribution in [2.24, 2.45) is 5.41 Å². The molecular formula is C21H36O. The quantitative estimate of drug-likeness (QED) is 0.523. The summed E-state index contributed by atoms with van der Waals surface area (Å²) < 4.78 is 5.78. The minimum absolute atomic E-state index is 0.242. The first kappa shape index (κ1) is 19.2. The Balaban J connectivity index is 2.39. The first-order valence-electron chi connectivity index (χ1n) is 8.81. The first-order valence-corrected chi connectivity index (χ1v) is 8.81. The number of ether oxygens (including phenoxy) is 1. The minimum Gasteiger partial charge on any atom is -0.378 e. The standard InChI is InChI=1S/C21H36O/c1-17(2)22-16-21(6,7)14-9-8-11-18-12-10-13-19(15-18)20(3,4)5/h10,12-13,15,17H,8-9,11,14,16H2,1-7H3. The highest BCUT2D eigenvalue weighted by atomic mass is 16.5. The molecule has 0 unspecified atom stereocenters. The highest BCUT2D eigenvalue weighted by Gasteiger charge is 2.18. The lowest BCUT2D eigenvalue weighted by Gasteiger charge is -2.25. The Hall–Kier alpha value is -0.820. The fourth-order valence-corrected chi connectivity index (χ4v) is 2.59. The number of aryl methyl sites for hydroxylation is 1. The molecule has 1 aromatic rings. The lowest BCUT2D eigenvalue weighted by molar-refractivity contribution is 0.0173. The van der Waals surface area contributed by atoms with Crippen LogP contribution in [0.3, 0.4) is 0 Å². The average Bonchev–Trinajstić information content (AvgIpc) is 2.41. The van der Waals surface area contributed by atoms with Crippen LogP contribution in [0.1, 0.15) is 78.9 Å². The molecule has 1 rings (SSSR count). The van der Waals surface area contributed by atoms with Crippen LogP contribution >= 0.6 is 0 Å². The molecule has 1 heteroatoms. The second kappa shape index (κ2) is 8.15. The molecule has 0 fully saturated rings. The molecule has 0 aliphatic heterocycles. The maximum Gasteiger partial charge on any atom is 0.0520 e. The highest BCUT2D eigenvalue weighted by molar-refractivity contribution is 5.28. The van der Waals surface area contributed by atoms with Gasteiger partial charge in [-0.1, -0.05) is 65.3 Å². The van der Waals surface area contributed by atoms with Gasteiger partial charge in [-0.05, 0) is 55.1 Å². The van der Waals surface area contributed by atoms with Crippen LogP contribution in [0, 0.1) is 5.41 Å². The van der Waals surface area contributed by atoms with Crippen molar-refractivity contribution in [2.75, 3.05) is 6.61 Å². The summed E-state index contributed by atoms with van der Waals surface area (Å²) in [5.74, 6) is 0. The summed E-state index contributed by atoms with van der Waals surface area (Å²) in [6, 6.07) is 9.10. The van der Waals surface area contributed by atoms with Crippen molar-refractivity contribution in [3.05, 3.63) is 35.4 Å². The van der Waals surface area contributed by atoms with Gasteiger partial charge in [0.15, 0.2) is 0 Å². The van der Waals surface area contributed by atoms with Crippen molar-refractivity contribution in [3.63, 3.8) is 0 Å². The summed E-state index contributed by atoms with van der Waals surface area (Å²) in [5.41, 5.74) is 3.45. The molecule has 1 aromatic carbocycles. The summed E-state index contributed by atoms with van der Waals surface area (Å²) in [6.45, 7) is 16.6. The smallest absolute Gasteiger partial charge is 0.0520 e. The lowest BCUT2D eigenvalue weighted by atomic mass is 9.85. The van der Waals surface area contributed by atoms with Crippen molar-refractivity contribution in [1.82, 2.24) is 0 Å². The second-order valence-corrected chi connectivity index (χ2v) is 8.68. The summed E-state index contributed by atoms with van der Waals surface area (Å²) in [5, 5.41) is 0. The van der Waals surface area contributed by atoms with Gasteiger partial charge in [0, 0.05) is 0 Å². The van der Waals surface area contributed by atoms with E-state index in [1.807, 2.05) is 0 Å². The molecule has 0 radical (unpaired) electrons. The molecule has 0 bridgehead atoms. The van der Waals surface area contributed by atoms with E-state index in [-0.39, 0.29) is 10.8 Å². The van der Waals surface area contributed by atoms with Gasteiger partial charge >= 0.3 is 0 Å². The summed E-state index contributed by atoms with van der Waals surface area (Å²) in [4.78, 5) is 0. The molecule has 0 saturated carbocycles. The first-order chi connectivity index (χ1) is 10.1. The van der Waals surface area contributed by atoms with Gasteiger partial charge in [-0.15, -0.1) is 0 Å². The Kier molecular flexibility index (Phi) is 7.12. The Morgan fingerprint density at radius 3 is 2.27 bits per heavy atom.